The first kappa shape index (κ1) is 19.9. The van der Waals surface area contributed by atoms with Crippen molar-refractivity contribution in [3.63, 3.8) is 0 Å². The number of hydrogen-bond acceptors (Lipinski definition) is 4. The van der Waals surface area contributed by atoms with Crippen molar-refractivity contribution in [2.45, 2.75) is 25.5 Å². The Bertz CT molecular complexity index is 766. The second-order valence-corrected chi connectivity index (χ2v) is 6.94. The number of rotatable bonds is 7. The fraction of sp³-hybridized carbons (Fsp3) is 0.409. The maximum absolute atomic E-state index is 5.91. The first-order valence-electron chi connectivity index (χ1n) is 9.76. The van der Waals surface area contributed by atoms with Crippen molar-refractivity contribution in [1.82, 2.24) is 10.6 Å². The molecule has 2 N–H and O–H groups in total. The summed E-state index contributed by atoms with van der Waals surface area (Å²) < 4.78 is 11.4. The molecule has 0 aliphatic carbocycles. The number of para-hydroxylation sites is 3. The lowest BCUT2D eigenvalue weighted by Gasteiger charge is -2.22. The van der Waals surface area contributed by atoms with Crippen LogP contribution in [0, 0.1) is 0 Å². The highest BCUT2D eigenvalue weighted by Gasteiger charge is 2.25. The van der Waals surface area contributed by atoms with Crippen LogP contribution in [0.4, 0.5) is 5.69 Å². The number of ether oxygens (including phenoxy) is 2. The molecule has 0 saturated carbocycles. The van der Waals surface area contributed by atoms with Gasteiger partial charge in [0.15, 0.2) is 5.96 Å². The molecular formula is C22H30N4O2. The maximum atomic E-state index is 5.91. The molecule has 3 rings (SSSR count). The van der Waals surface area contributed by atoms with E-state index in [1.54, 1.807) is 14.2 Å². The van der Waals surface area contributed by atoms with E-state index >= 15 is 0 Å². The zero-order chi connectivity index (χ0) is 19.8. The topological polar surface area (TPSA) is 58.1 Å². The molecule has 0 bridgehead atoms. The minimum atomic E-state index is 0.0367. The van der Waals surface area contributed by atoms with Crippen LogP contribution >= 0.6 is 0 Å². The van der Waals surface area contributed by atoms with Crippen molar-refractivity contribution < 1.29 is 9.47 Å². The van der Waals surface area contributed by atoms with E-state index in [0.29, 0.717) is 12.6 Å². The van der Waals surface area contributed by atoms with Crippen molar-refractivity contribution in [2.24, 2.45) is 4.99 Å². The fourth-order valence-corrected chi connectivity index (χ4v) is 3.39. The third-order valence-electron chi connectivity index (χ3n) is 4.82. The summed E-state index contributed by atoms with van der Waals surface area (Å²) in [6.07, 6.45) is 1.09. The maximum Gasteiger partial charge on any atom is 0.191 e. The average molecular weight is 383 g/mol. The lowest BCUT2D eigenvalue weighted by molar-refractivity contribution is 0.223. The minimum Gasteiger partial charge on any atom is -0.495 e. The van der Waals surface area contributed by atoms with E-state index in [2.05, 4.69) is 26.6 Å². The van der Waals surface area contributed by atoms with E-state index in [0.717, 1.165) is 42.7 Å². The smallest absolute Gasteiger partial charge is 0.191 e. The highest BCUT2D eigenvalue weighted by molar-refractivity contribution is 5.80. The van der Waals surface area contributed by atoms with Gasteiger partial charge in [-0.05, 0) is 37.6 Å². The molecule has 1 saturated heterocycles. The highest BCUT2D eigenvalue weighted by Crippen LogP contribution is 2.30. The summed E-state index contributed by atoms with van der Waals surface area (Å²) in [5, 5.41) is 6.89. The van der Waals surface area contributed by atoms with Gasteiger partial charge in [-0.3, -0.25) is 4.99 Å². The van der Waals surface area contributed by atoms with Gasteiger partial charge in [0.05, 0.1) is 19.3 Å². The Morgan fingerprint density at radius 2 is 1.93 bits per heavy atom. The summed E-state index contributed by atoms with van der Waals surface area (Å²) in [5.74, 6) is 2.59. The van der Waals surface area contributed by atoms with E-state index in [-0.39, 0.29) is 6.10 Å². The van der Waals surface area contributed by atoms with Gasteiger partial charge in [0, 0.05) is 26.2 Å². The van der Waals surface area contributed by atoms with Crippen molar-refractivity contribution >= 4 is 11.6 Å². The molecule has 150 valence electrons. The number of nitrogens with zero attached hydrogens (tertiary/aromatic N) is 2. The molecule has 0 aromatic heterocycles. The zero-order valence-corrected chi connectivity index (χ0v) is 16.9. The molecule has 2 unspecified atom stereocenters. The van der Waals surface area contributed by atoms with Crippen LogP contribution in [0.15, 0.2) is 59.6 Å². The Hall–Kier alpha value is -2.89. The van der Waals surface area contributed by atoms with Gasteiger partial charge in [0.25, 0.3) is 0 Å². The molecule has 6 nitrogen and oxygen atoms in total. The summed E-state index contributed by atoms with van der Waals surface area (Å²) in [4.78, 5) is 6.71. The lowest BCUT2D eigenvalue weighted by atomic mass is 10.2. The largest absolute Gasteiger partial charge is 0.495 e. The third-order valence-corrected chi connectivity index (χ3v) is 4.82. The fourth-order valence-electron chi connectivity index (χ4n) is 3.39. The van der Waals surface area contributed by atoms with Crippen LogP contribution < -0.4 is 25.0 Å². The van der Waals surface area contributed by atoms with E-state index in [1.807, 2.05) is 55.5 Å². The number of methoxy groups -OCH3 is 1. The van der Waals surface area contributed by atoms with Gasteiger partial charge in [-0.15, -0.1) is 0 Å². The summed E-state index contributed by atoms with van der Waals surface area (Å²) in [6, 6.07) is 18.4. The monoisotopic (exact) mass is 382 g/mol. The van der Waals surface area contributed by atoms with Gasteiger partial charge < -0.3 is 25.0 Å². The Balaban J connectivity index is 1.47. The normalized spacial score (nSPS) is 17.9. The molecule has 2 aromatic rings. The van der Waals surface area contributed by atoms with Gasteiger partial charge in [-0.25, -0.2) is 0 Å². The van der Waals surface area contributed by atoms with E-state index in [1.165, 1.54) is 0 Å². The van der Waals surface area contributed by atoms with Crippen molar-refractivity contribution in [1.29, 1.82) is 0 Å². The number of guanidine groups is 1. The van der Waals surface area contributed by atoms with Crippen molar-refractivity contribution in [2.75, 3.05) is 38.7 Å². The molecule has 6 heteroatoms. The first-order valence-corrected chi connectivity index (χ1v) is 9.76. The molecule has 0 spiro atoms. The molecule has 2 atom stereocenters. The Labute approximate surface area is 167 Å². The SMILES string of the molecule is CN=C(NCC(C)Oc1ccccc1)NC1CCN(c2ccccc2OC)C1. The van der Waals surface area contributed by atoms with Crippen LogP contribution in [-0.4, -0.2) is 51.9 Å². The third kappa shape index (κ3) is 5.31. The van der Waals surface area contributed by atoms with Crippen LogP contribution in [-0.2, 0) is 0 Å². The Morgan fingerprint density at radius 1 is 1.18 bits per heavy atom. The molecular weight excluding hydrogens is 352 g/mol. The summed E-state index contributed by atoms with van der Waals surface area (Å²) in [6.45, 7) is 4.63. The highest BCUT2D eigenvalue weighted by atomic mass is 16.5. The lowest BCUT2D eigenvalue weighted by Crippen LogP contribution is -2.47. The molecule has 0 radical (unpaired) electrons. The second kappa shape index (κ2) is 9.88. The van der Waals surface area contributed by atoms with Crippen LogP contribution in [0.1, 0.15) is 13.3 Å². The number of benzene rings is 2. The van der Waals surface area contributed by atoms with Gasteiger partial charge >= 0.3 is 0 Å². The predicted molar refractivity (Wildman–Crippen MR) is 115 cm³/mol. The second-order valence-electron chi connectivity index (χ2n) is 6.94. The van der Waals surface area contributed by atoms with Crippen LogP contribution in [0.2, 0.25) is 0 Å². The van der Waals surface area contributed by atoms with Gasteiger partial charge in [-0.2, -0.15) is 0 Å². The number of nitrogens with one attached hydrogen (secondary N) is 2. The van der Waals surface area contributed by atoms with Gasteiger partial charge in [-0.1, -0.05) is 30.3 Å². The molecule has 2 aromatic carbocycles. The number of aliphatic imine (C=N–C) groups is 1. The Kier molecular flexibility index (Phi) is 7.00. The number of anilines is 1. The number of hydrogen-bond donors (Lipinski definition) is 2. The zero-order valence-electron chi connectivity index (χ0n) is 16.9. The van der Waals surface area contributed by atoms with E-state index in [4.69, 9.17) is 9.47 Å². The summed E-state index contributed by atoms with van der Waals surface area (Å²) >= 11 is 0. The van der Waals surface area contributed by atoms with Gasteiger partial charge in [0.2, 0.25) is 0 Å². The average Bonchev–Trinajstić information content (AvgIpc) is 3.20. The molecule has 1 fully saturated rings. The molecule has 1 aliphatic rings. The van der Waals surface area contributed by atoms with Gasteiger partial charge in [0.1, 0.15) is 17.6 Å². The van der Waals surface area contributed by atoms with Crippen molar-refractivity contribution in [3.05, 3.63) is 54.6 Å². The molecule has 1 aliphatic heterocycles. The standard InChI is InChI=1S/C22H30N4O2/c1-17(28-19-9-5-4-6-10-19)15-24-22(23-2)25-18-13-14-26(16-18)20-11-7-8-12-21(20)27-3/h4-12,17-18H,13-16H2,1-3H3,(H2,23,24,25). The molecule has 0 amide bonds. The molecule has 28 heavy (non-hydrogen) atoms. The quantitative estimate of drug-likeness (QED) is 0.570. The predicted octanol–water partition coefficient (Wildman–Crippen LogP) is 2.91. The first-order chi connectivity index (χ1) is 13.7. The van der Waals surface area contributed by atoms with E-state index in [9.17, 15) is 0 Å². The van der Waals surface area contributed by atoms with E-state index < -0.39 is 0 Å². The summed E-state index contributed by atoms with van der Waals surface area (Å²) in [7, 11) is 3.51. The summed E-state index contributed by atoms with van der Waals surface area (Å²) in [5.41, 5.74) is 1.14. The molecule has 1 heterocycles. The van der Waals surface area contributed by atoms with Crippen molar-refractivity contribution in [3.8, 4) is 11.5 Å². The minimum absolute atomic E-state index is 0.0367. The Morgan fingerprint density at radius 3 is 2.68 bits per heavy atom. The van der Waals surface area contributed by atoms with Crippen LogP contribution in [0.5, 0.6) is 11.5 Å². The van der Waals surface area contributed by atoms with Crippen LogP contribution in [0.25, 0.3) is 0 Å². The van der Waals surface area contributed by atoms with Crippen LogP contribution in [0.3, 0.4) is 0 Å².